The number of anilines is 1. The largest absolute Gasteiger partial charge is 0.444 e. The van der Waals surface area contributed by atoms with Crippen LogP contribution >= 0.6 is 0 Å². The fourth-order valence-corrected chi connectivity index (χ4v) is 2.64. The van der Waals surface area contributed by atoms with E-state index in [-0.39, 0.29) is 12.1 Å². The molecule has 3 rings (SSSR count). The third kappa shape index (κ3) is 3.91. The summed E-state index contributed by atoms with van der Waals surface area (Å²) in [6.07, 6.45) is 3.17. The first-order valence-corrected chi connectivity index (χ1v) is 7.87. The number of fused-ring (bicyclic) bond motifs is 1. The van der Waals surface area contributed by atoms with Crippen LogP contribution in [0, 0.1) is 0 Å². The Labute approximate surface area is 135 Å². The highest BCUT2D eigenvalue weighted by Crippen LogP contribution is 2.23. The van der Waals surface area contributed by atoms with Crippen molar-refractivity contribution in [2.45, 2.75) is 45.3 Å². The van der Waals surface area contributed by atoms with Crippen LogP contribution in [0.15, 0.2) is 22.7 Å². The summed E-state index contributed by atoms with van der Waals surface area (Å²) < 4.78 is 11.1. The summed E-state index contributed by atoms with van der Waals surface area (Å²) in [6.45, 7) is 7.05. The minimum absolute atomic E-state index is 0.0153. The predicted molar refractivity (Wildman–Crippen MR) is 86.4 cm³/mol. The van der Waals surface area contributed by atoms with Crippen molar-refractivity contribution in [3.05, 3.63) is 18.3 Å². The van der Waals surface area contributed by atoms with E-state index in [4.69, 9.17) is 9.15 Å². The highest BCUT2D eigenvalue weighted by atomic mass is 16.6. The van der Waals surface area contributed by atoms with Crippen LogP contribution in [0.4, 0.5) is 10.8 Å². The van der Waals surface area contributed by atoms with E-state index in [0.717, 1.165) is 19.4 Å². The standard InChI is InChI=1S/C16H22N4O3/c1-16(2,3)23-15(21)18-11-6-5-9-20(10-11)14-19-13-12(22-14)7-4-8-17-13/h4,7-8,11H,5-6,9-10H2,1-3H3,(H,18,21). The normalized spacial score (nSPS) is 18.9. The molecule has 0 bridgehead atoms. The van der Waals surface area contributed by atoms with E-state index in [0.29, 0.717) is 23.8 Å². The Kier molecular flexibility index (Phi) is 4.11. The number of hydrogen-bond donors (Lipinski definition) is 1. The molecular weight excluding hydrogens is 296 g/mol. The second-order valence-corrected chi connectivity index (χ2v) is 6.75. The van der Waals surface area contributed by atoms with Gasteiger partial charge < -0.3 is 19.4 Å². The van der Waals surface area contributed by atoms with Crippen molar-refractivity contribution in [1.29, 1.82) is 0 Å². The molecule has 7 nitrogen and oxygen atoms in total. The Morgan fingerprint density at radius 3 is 3.04 bits per heavy atom. The fourth-order valence-electron chi connectivity index (χ4n) is 2.64. The number of carbonyl (C=O) groups excluding carboxylic acids is 1. The highest BCUT2D eigenvalue weighted by molar-refractivity contribution is 5.70. The zero-order chi connectivity index (χ0) is 16.4. The van der Waals surface area contributed by atoms with E-state index in [9.17, 15) is 4.79 Å². The van der Waals surface area contributed by atoms with Gasteiger partial charge in [0.1, 0.15) is 5.60 Å². The topological polar surface area (TPSA) is 80.5 Å². The second-order valence-electron chi connectivity index (χ2n) is 6.75. The van der Waals surface area contributed by atoms with E-state index in [1.807, 2.05) is 37.8 Å². The summed E-state index contributed by atoms with van der Waals surface area (Å²) in [5, 5.41) is 2.92. The molecule has 1 amide bonds. The minimum Gasteiger partial charge on any atom is -0.444 e. The van der Waals surface area contributed by atoms with Crippen molar-refractivity contribution in [1.82, 2.24) is 15.3 Å². The lowest BCUT2D eigenvalue weighted by molar-refractivity contribution is 0.0499. The number of nitrogens with one attached hydrogen (secondary N) is 1. The quantitative estimate of drug-likeness (QED) is 0.917. The lowest BCUT2D eigenvalue weighted by Gasteiger charge is -2.32. The second kappa shape index (κ2) is 6.06. The molecule has 2 aromatic heterocycles. The zero-order valence-electron chi connectivity index (χ0n) is 13.7. The summed E-state index contributed by atoms with van der Waals surface area (Å²) in [5.41, 5.74) is 0.777. The number of nitrogens with zero attached hydrogens (tertiary/aromatic N) is 3. The first kappa shape index (κ1) is 15.6. The van der Waals surface area contributed by atoms with E-state index in [2.05, 4.69) is 15.3 Å². The van der Waals surface area contributed by atoms with Crippen molar-refractivity contribution in [3.63, 3.8) is 0 Å². The van der Waals surface area contributed by atoms with Crippen LogP contribution in [0.3, 0.4) is 0 Å². The molecule has 1 N–H and O–H groups in total. The van der Waals surface area contributed by atoms with Crippen molar-refractivity contribution in [3.8, 4) is 0 Å². The Balaban J connectivity index is 1.65. The van der Waals surface area contributed by atoms with E-state index < -0.39 is 5.60 Å². The van der Waals surface area contributed by atoms with E-state index in [1.165, 1.54) is 0 Å². The number of alkyl carbamates (subject to hydrolysis) is 1. The molecule has 124 valence electrons. The third-order valence-corrected chi connectivity index (χ3v) is 3.57. The van der Waals surface area contributed by atoms with Crippen LogP contribution in [0.25, 0.3) is 11.2 Å². The molecule has 1 unspecified atom stereocenters. The number of pyridine rings is 1. The molecule has 23 heavy (non-hydrogen) atoms. The number of oxazole rings is 1. The molecule has 1 fully saturated rings. The first-order valence-electron chi connectivity index (χ1n) is 7.87. The Hall–Kier alpha value is -2.31. The first-order chi connectivity index (χ1) is 10.9. The molecule has 0 aliphatic carbocycles. The van der Waals surface area contributed by atoms with Gasteiger partial charge in [-0.05, 0) is 45.7 Å². The Morgan fingerprint density at radius 1 is 1.48 bits per heavy atom. The number of ether oxygens (including phenoxy) is 1. The maximum atomic E-state index is 11.9. The smallest absolute Gasteiger partial charge is 0.407 e. The number of aromatic nitrogens is 2. The van der Waals surface area contributed by atoms with Crippen LogP contribution < -0.4 is 10.2 Å². The van der Waals surface area contributed by atoms with Crippen molar-refractivity contribution in [2.75, 3.05) is 18.0 Å². The van der Waals surface area contributed by atoms with Crippen molar-refractivity contribution in [2.24, 2.45) is 0 Å². The number of piperidine rings is 1. The van der Waals surface area contributed by atoms with Crippen LogP contribution in [0.2, 0.25) is 0 Å². The van der Waals surface area contributed by atoms with Crippen molar-refractivity contribution < 1.29 is 13.9 Å². The molecule has 0 spiro atoms. The van der Waals surface area contributed by atoms with Gasteiger partial charge in [0.15, 0.2) is 5.58 Å². The monoisotopic (exact) mass is 318 g/mol. The van der Waals surface area contributed by atoms with Gasteiger partial charge in [0.25, 0.3) is 6.01 Å². The number of rotatable bonds is 2. The molecular formula is C16H22N4O3. The summed E-state index contributed by atoms with van der Waals surface area (Å²) in [7, 11) is 0. The zero-order valence-corrected chi connectivity index (χ0v) is 13.7. The van der Waals surface area contributed by atoms with Crippen LogP contribution in [-0.2, 0) is 4.74 Å². The molecule has 1 atom stereocenters. The predicted octanol–water partition coefficient (Wildman–Crippen LogP) is 2.72. The van der Waals surface area contributed by atoms with Gasteiger partial charge in [-0.15, -0.1) is 0 Å². The van der Waals surface area contributed by atoms with Gasteiger partial charge in [0, 0.05) is 25.3 Å². The molecule has 0 saturated carbocycles. The lowest BCUT2D eigenvalue weighted by Crippen LogP contribution is -2.49. The maximum Gasteiger partial charge on any atom is 0.407 e. The number of carbonyl (C=O) groups is 1. The molecule has 3 heterocycles. The molecule has 7 heteroatoms. The average Bonchev–Trinajstić information content (AvgIpc) is 2.89. The van der Waals surface area contributed by atoms with Crippen LogP contribution in [0.5, 0.6) is 0 Å². The van der Waals surface area contributed by atoms with E-state index >= 15 is 0 Å². The summed E-state index contributed by atoms with van der Waals surface area (Å²) in [4.78, 5) is 22.5. The summed E-state index contributed by atoms with van der Waals surface area (Å²) >= 11 is 0. The van der Waals surface area contributed by atoms with Gasteiger partial charge in [0.2, 0.25) is 5.65 Å². The van der Waals surface area contributed by atoms with Crippen LogP contribution in [0.1, 0.15) is 33.6 Å². The Morgan fingerprint density at radius 2 is 2.30 bits per heavy atom. The summed E-state index contributed by atoms with van der Waals surface area (Å²) in [5.74, 6) is 0. The highest BCUT2D eigenvalue weighted by Gasteiger charge is 2.26. The Bertz CT molecular complexity index is 659. The molecule has 0 radical (unpaired) electrons. The van der Waals surface area contributed by atoms with Gasteiger partial charge in [-0.2, -0.15) is 4.98 Å². The van der Waals surface area contributed by atoms with Gasteiger partial charge >= 0.3 is 6.09 Å². The molecule has 1 aliphatic rings. The van der Waals surface area contributed by atoms with Gasteiger partial charge in [0.05, 0.1) is 0 Å². The minimum atomic E-state index is -0.496. The van der Waals surface area contributed by atoms with Crippen molar-refractivity contribution >= 4 is 23.3 Å². The van der Waals surface area contributed by atoms with Gasteiger partial charge in [-0.25, -0.2) is 9.78 Å². The molecule has 1 saturated heterocycles. The summed E-state index contributed by atoms with van der Waals surface area (Å²) in [6, 6.07) is 4.23. The van der Waals surface area contributed by atoms with Crippen LogP contribution in [-0.4, -0.2) is 40.8 Å². The maximum absolute atomic E-state index is 11.9. The molecule has 2 aromatic rings. The molecule has 0 aromatic carbocycles. The van der Waals surface area contributed by atoms with Gasteiger partial charge in [-0.1, -0.05) is 0 Å². The van der Waals surface area contributed by atoms with E-state index in [1.54, 1.807) is 6.20 Å². The lowest BCUT2D eigenvalue weighted by atomic mass is 10.1. The molecule has 1 aliphatic heterocycles. The fraction of sp³-hybridized carbons (Fsp3) is 0.562. The number of amides is 1. The SMILES string of the molecule is CC(C)(C)OC(=O)NC1CCCN(c2nc3ncccc3o2)C1. The third-order valence-electron chi connectivity index (χ3n) is 3.57. The average molecular weight is 318 g/mol. The van der Waals surface area contributed by atoms with Gasteiger partial charge in [-0.3, -0.25) is 0 Å². The number of hydrogen-bond acceptors (Lipinski definition) is 6.